The molecule has 9 heteroatoms. The molecule has 5 nitrogen and oxygen atoms in total. The predicted molar refractivity (Wildman–Crippen MR) is 84.8 cm³/mol. The van der Waals surface area contributed by atoms with Crippen molar-refractivity contribution >= 4 is 17.2 Å². The number of rotatable bonds is 2. The van der Waals surface area contributed by atoms with Gasteiger partial charge in [0.25, 0.3) is 5.91 Å². The number of benzene rings is 1. The van der Waals surface area contributed by atoms with Crippen molar-refractivity contribution in [3.8, 4) is 16.3 Å². The van der Waals surface area contributed by atoms with Crippen LogP contribution < -0.4 is 0 Å². The van der Waals surface area contributed by atoms with Gasteiger partial charge in [-0.15, -0.1) is 11.3 Å². The smallest absolute Gasteiger partial charge is 0.265 e. The van der Waals surface area contributed by atoms with Crippen LogP contribution in [0.1, 0.15) is 23.0 Å². The molecule has 1 aromatic carbocycles. The van der Waals surface area contributed by atoms with E-state index in [1.807, 2.05) is 6.92 Å². The van der Waals surface area contributed by atoms with Crippen LogP contribution in [0.4, 0.5) is 13.2 Å². The van der Waals surface area contributed by atoms with E-state index in [1.165, 1.54) is 6.20 Å². The quantitative estimate of drug-likeness (QED) is 0.795. The van der Waals surface area contributed by atoms with Crippen LogP contribution in [-0.2, 0) is 0 Å². The fourth-order valence-corrected chi connectivity index (χ4v) is 3.61. The number of hydrogen-bond donors (Lipinski definition) is 2. The summed E-state index contributed by atoms with van der Waals surface area (Å²) in [5, 5.41) is 19.0. The van der Waals surface area contributed by atoms with Crippen molar-refractivity contribution in [2.45, 2.75) is 19.4 Å². The molecule has 2 atom stereocenters. The van der Waals surface area contributed by atoms with Gasteiger partial charge in [-0.1, -0.05) is 6.92 Å². The summed E-state index contributed by atoms with van der Waals surface area (Å²) in [7, 11) is 0. The van der Waals surface area contributed by atoms with Gasteiger partial charge in [-0.05, 0) is 18.4 Å². The third-order valence-corrected chi connectivity index (χ3v) is 5.25. The first kappa shape index (κ1) is 17.7. The molecule has 2 heterocycles. The van der Waals surface area contributed by atoms with Gasteiger partial charge < -0.3 is 15.1 Å². The van der Waals surface area contributed by atoms with E-state index in [0.29, 0.717) is 25.6 Å². The van der Waals surface area contributed by atoms with E-state index < -0.39 is 34.9 Å². The molecular weight excluding hydrogens is 357 g/mol. The number of carbonyl (C=O) groups is 1. The average molecular weight is 372 g/mol. The van der Waals surface area contributed by atoms with Gasteiger partial charge in [0.1, 0.15) is 9.88 Å². The zero-order valence-corrected chi connectivity index (χ0v) is 14.0. The summed E-state index contributed by atoms with van der Waals surface area (Å²) >= 11 is 0.822. The number of piperidine rings is 1. The van der Waals surface area contributed by atoms with E-state index >= 15 is 0 Å². The highest BCUT2D eigenvalue weighted by Gasteiger charge is 2.29. The number of halogens is 3. The summed E-state index contributed by atoms with van der Waals surface area (Å²) < 4.78 is 40.6. The summed E-state index contributed by atoms with van der Waals surface area (Å²) in [6.07, 6.45) is 1.24. The molecule has 25 heavy (non-hydrogen) atoms. The van der Waals surface area contributed by atoms with Crippen molar-refractivity contribution < 1.29 is 28.2 Å². The Kier molecular flexibility index (Phi) is 4.70. The lowest BCUT2D eigenvalue weighted by Crippen LogP contribution is -2.44. The van der Waals surface area contributed by atoms with E-state index in [-0.39, 0.29) is 21.7 Å². The number of thiazole rings is 1. The third-order valence-electron chi connectivity index (χ3n) is 4.23. The number of carbonyl (C=O) groups excluding carboxylic acids is 1. The van der Waals surface area contributed by atoms with Gasteiger partial charge in [0, 0.05) is 13.1 Å². The summed E-state index contributed by atoms with van der Waals surface area (Å²) in [5.41, 5.74) is -0.414. The van der Waals surface area contributed by atoms with Crippen molar-refractivity contribution in [3.05, 3.63) is 34.6 Å². The van der Waals surface area contributed by atoms with Crippen LogP contribution in [-0.4, -0.2) is 45.2 Å². The second-order valence-corrected chi connectivity index (χ2v) is 7.03. The molecule has 2 N–H and O–H groups in total. The van der Waals surface area contributed by atoms with Gasteiger partial charge >= 0.3 is 0 Å². The van der Waals surface area contributed by atoms with Gasteiger partial charge in [0.05, 0.1) is 17.9 Å². The minimum atomic E-state index is -1.67. The molecule has 0 saturated carbocycles. The molecule has 3 rings (SSSR count). The van der Waals surface area contributed by atoms with Crippen molar-refractivity contribution in [1.29, 1.82) is 0 Å². The highest BCUT2D eigenvalue weighted by atomic mass is 32.1. The number of aliphatic hydroxyl groups is 1. The normalized spacial score (nSPS) is 20.8. The fraction of sp³-hybridized carbons (Fsp3) is 0.375. The monoisotopic (exact) mass is 372 g/mol. The second-order valence-electron chi connectivity index (χ2n) is 6.00. The van der Waals surface area contributed by atoms with Crippen molar-refractivity contribution in [2.24, 2.45) is 5.92 Å². The molecule has 1 aliphatic heterocycles. The van der Waals surface area contributed by atoms with E-state index in [4.69, 9.17) is 0 Å². The lowest BCUT2D eigenvalue weighted by molar-refractivity contribution is 0.0300. The zero-order valence-electron chi connectivity index (χ0n) is 13.2. The number of hydrogen-bond acceptors (Lipinski definition) is 5. The summed E-state index contributed by atoms with van der Waals surface area (Å²) in [6, 6.07) is 0.594. The SMILES string of the molecule is C[C@H]1CN(C(=O)c2cnc(-c3cc(F)c(F)c(O)c3F)s2)CC[C@H]1O. The molecule has 0 radical (unpaired) electrons. The Morgan fingerprint density at radius 2 is 2.08 bits per heavy atom. The van der Waals surface area contributed by atoms with Gasteiger partial charge in [-0.25, -0.2) is 13.8 Å². The lowest BCUT2D eigenvalue weighted by Gasteiger charge is -2.34. The first-order valence-corrected chi connectivity index (χ1v) is 8.41. The maximum atomic E-state index is 14.0. The Morgan fingerprint density at radius 1 is 1.36 bits per heavy atom. The molecular formula is C16H15F3N2O3S. The van der Waals surface area contributed by atoms with Crippen molar-refractivity contribution in [3.63, 3.8) is 0 Å². The number of aromatic hydroxyl groups is 1. The molecule has 1 aromatic heterocycles. The van der Waals surface area contributed by atoms with Crippen LogP contribution in [0.2, 0.25) is 0 Å². The number of nitrogens with zero attached hydrogens (tertiary/aromatic N) is 2. The van der Waals surface area contributed by atoms with Gasteiger partial charge in [-0.3, -0.25) is 4.79 Å². The Labute approximate surface area is 145 Å². The molecule has 1 saturated heterocycles. The number of amides is 1. The number of aliphatic hydroxyl groups excluding tert-OH is 1. The van der Waals surface area contributed by atoms with Crippen LogP contribution in [0.3, 0.4) is 0 Å². The number of likely N-dealkylation sites (tertiary alicyclic amines) is 1. The first-order chi connectivity index (χ1) is 11.8. The maximum Gasteiger partial charge on any atom is 0.265 e. The maximum absolute atomic E-state index is 14.0. The number of phenols is 1. The Bertz CT molecular complexity index is 827. The highest BCUT2D eigenvalue weighted by Crippen LogP contribution is 2.35. The topological polar surface area (TPSA) is 73.7 Å². The van der Waals surface area contributed by atoms with E-state index in [0.717, 1.165) is 11.3 Å². The number of phenolic OH excluding ortho intramolecular Hbond substituents is 1. The van der Waals surface area contributed by atoms with Crippen molar-refractivity contribution in [1.82, 2.24) is 9.88 Å². The molecule has 134 valence electrons. The van der Waals surface area contributed by atoms with E-state index in [9.17, 15) is 28.2 Å². The molecule has 1 aliphatic rings. The van der Waals surface area contributed by atoms with Crippen LogP contribution in [0.15, 0.2) is 12.3 Å². The second kappa shape index (κ2) is 6.64. The van der Waals surface area contributed by atoms with Crippen LogP contribution >= 0.6 is 11.3 Å². The fourth-order valence-electron chi connectivity index (χ4n) is 2.72. The Balaban J connectivity index is 1.87. The van der Waals surface area contributed by atoms with Gasteiger partial charge in [0.2, 0.25) is 5.82 Å². The minimum absolute atomic E-state index is 0.0415. The molecule has 0 bridgehead atoms. The third kappa shape index (κ3) is 3.21. The van der Waals surface area contributed by atoms with Gasteiger partial charge in [-0.2, -0.15) is 4.39 Å². The van der Waals surface area contributed by atoms with Crippen LogP contribution in [0, 0.1) is 23.4 Å². The zero-order chi connectivity index (χ0) is 18.3. The Hall–Kier alpha value is -2.13. The molecule has 1 amide bonds. The van der Waals surface area contributed by atoms with E-state index in [1.54, 1.807) is 4.90 Å². The first-order valence-electron chi connectivity index (χ1n) is 7.59. The molecule has 1 fully saturated rings. The largest absolute Gasteiger partial charge is 0.503 e. The number of aromatic nitrogens is 1. The Morgan fingerprint density at radius 3 is 2.76 bits per heavy atom. The van der Waals surface area contributed by atoms with Gasteiger partial charge in [0.15, 0.2) is 17.4 Å². The molecule has 0 aliphatic carbocycles. The van der Waals surface area contributed by atoms with Crippen molar-refractivity contribution in [2.75, 3.05) is 13.1 Å². The van der Waals surface area contributed by atoms with Crippen LogP contribution in [0.5, 0.6) is 5.75 Å². The minimum Gasteiger partial charge on any atom is -0.503 e. The molecule has 0 spiro atoms. The summed E-state index contributed by atoms with van der Waals surface area (Å²) in [5.74, 6) is -6.22. The molecule has 0 unspecified atom stereocenters. The standard InChI is InChI=1S/C16H15F3N2O3S/c1-7-6-21(3-2-10(7)22)16(24)11-5-20-15(25-11)8-4-9(17)13(19)14(23)12(8)18/h4-5,7,10,22-23H,2-3,6H2,1H3/t7-,10+/m0/s1. The summed E-state index contributed by atoms with van der Waals surface area (Å²) in [6.45, 7) is 2.60. The highest BCUT2D eigenvalue weighted by molar-refractivity contribution is 7.16. The average Bonchev–Trinajstić information content (AvgIpc) is 3.07. The van der Waals surface area contributed by atoms with Crippen LogP contribution in [0.25, 0.3) is 10.6 Å². The lowest BCUT2D eigenvalue weighted by atomic mass is 9.97. The summed E-state index contributed by atoms with van der Waals surface area (Å²) in [4.78, 5) is 18.2. The van der Waals surface area contributed by atoms with E-state index in [2.05, 4.69) is 4.98 Å². The molecule has 2 aromatic rings. The predicted octanol–water partition coefficient (Wildman–Crippen LogP) is 2.78.